The number of likely N-dealkylation sites (tertiary alicyclic amines) is 1. The summed E-state index contributed by atoms with van der Waals surface area (Å²) in [6.45, 7) is 9.55. The van der Waals surface area contributed by atoms with Crippen LogP contribution < -0.4 is 11.1 Å². The zero-order valence-electron chi connectivity index (χ0n) is 13.6. The molecule has 2 rings (SSSR count). The summed E-state index contributed by atoms with van der Waals surface area (Å²) >= 11 is 1.85. The number of thiophene rings is 1. The van der Waals surface area contributed by atoms with Gasteiger partial charge in [-0.25, -0.2) is 0 Å². The minimum Gasteiger partial charge on any atom is -0.370 e. The molecule has 1 saturated heterocycles. The molecule has 2 heterocycles. The molecule has 126 valence electrons. The molecule has 0 aromatic carbocycles. The molecule has 0 bridgehead atoms. The van der Waals surface area contributed by atoms with Crippen LogP contribution in [0.25, 0.3) is 0 Å². The highest BCUT2D eigenvalue weighted by atomic mass is 127. The van der Waals surface area contributed by atoms with Crippen LogP contribution in [0.4, 0.5) is 0 Å². The van der Waals surface area contributed by atoms with Gasteiger partial charge in [-0.15, -0.1) is 35.3 Å². The standard InChI is InChI=1S/C16H28N4S.HI/c1-13(2)10-18-16(17)19-11-14-5-7-20(8-6-14)12-15-4-3-9-21-15;/h3-4,9,13-14H,5-8,10-12H2,1-2H3,(H3,17,18,19);1H. The summed E-state index contributed by atoms with van der Waals surface area (Å²) in [5.74, 6) is 1.88. The van der Waals surface area contributed by atoms with E-state index in [0.717, 1.165) is 25.6 Å². The van der Waals surface area contributed by atoms with Gasteiger partial charge in [0.15, 0.2) is 5.96 Å². The first-order valence-corrected chi connectivity index (χ1v) is 8.80. The lowest BCUT2D eigenvalue weighted by atomic mass is 9.97. The van der Waals surface area contributed by atoms with Crippen molar-refractivity contribution in [3.8, 4) is 0 Å². The molecule has 1 fully saturated rings. The molecule has 1 aliphatic heterocycles. The molecule has 0 radical (unpaired) electrons. The molecular weight excluding hydrogens is 407 g/mol. The molecule has 4 nitrogen and oxygen atoms in total. The van der Waals surface area contributed by atoms with E-state index in [2.05, 4.69) is 46.6 Å². The number of nitrogens with zero attached hydrogens (tertiary/aromatic N) is 2. The zero-order valence-corrected chi connectivity index (χ0v) is 16.8. The summed E-state index contributed by atoms with van der Waals surface area (Å²) in [7, 11) is 0. The highest BCUT2D eigenvalue weighted by Crippen LogP contribution is 2.20. The molecule has 1 aromatic rings. The Morgan fingerprint density at radius 2 is 2.18 bits per heavy atom. The van der Waals surface area contributed by atoms with Gasteiger partial charge in [-0.3, -0.25) is 9.89 Å². The third kappa shape index (κ3) is 7.28. The Kier molecular flexibility index (Phi) is 9.35. The van der Waals surface area contributed by atoms with Gasteiger partial charge in [0.1, 0.15) is 0 Å². The first kappa shape index (κ1) is 19.7. The van der Waals surface area contributed by atoms with Crippen LogP contribution >= 0.6 is 35.3 Å². The third-order valence-electron chi connectivity index (χ3n) is 3.87. The summed E-state index contributed by atoms with van der Waals surface area (Å²) in [5.41, 5.74) is 5.89. The molecule has 0 aliphatic carbocycles. The van der Waals surface area contributed by atoms with Gasteiger partial charge in [-0.05, 0) is 49.2 Å². The van der Waals surface area contributed by atoms with Crippen LogP contribution in [-0.2, 0) is 6.54 Å². The first-order chi connectivity index (χ1) is 10.1. The van der Waals surface area contributed by atoms with Crippen LogP contribution in [0.5, 0.6) is 0 Å². The summed E-state index contributed by atoms with van der Waals surface area (Å²) in [6, 6.07) is 4.36. The number of rotatable bonds is 6. The maximum absolute atomic E-state index is 5.89. The number of hydrogen-bond acceptors (Lipinski definition) is 3. The fourth-order valence-corrected chi connectivity index (χ4v) is 3.30. The topological polar surface area (TPSA) is 53.6 Å². The summed E-state index contributed by atoms with van der Waals surface area (Å²) < 4.78 is 0. The molecule has 0 atom stereocenters. The van der Waals surface area contributed by atoms with Gasteiger partial charge in [0.2, 0.25) is 0 Å². The van der Waals surface area contributed by atoms with Crippen molar-refractivity contribution >= 4 is 41.3 Å². The van der Waals surface area contributed by atoms with E-state index in [1.807, 2.05) is 11.3 Å². The van der Waals surface area contributed by atoms with E-state index in [4.69, 9.17) is 5.73 Å². The second-order valence-corrected chi connectivity index (χ2v) is 7.33. The third-order valence-corrected chi connectivity index (χ3v) is 4.73. The van der Waals surface area contributed by atoms with Crippen LogP contribution in [0.2, 0.25) is 0 Å². The molecule has 6 heteroatoms. The predicted molar refractivity (Wildman–Crippen MR) is 107 cm³/mol. The first-order valence-electron chi connectivity index (χ1n) is 7.92. The van der Waals surface area contributed by atoms with Gasteiger partial charge in [-0.2, -0.15) is 0 Å². The van der Waals surface area contributed by atoms with Crippen molar-refractivity contribution in [2.75, 3.05) is 26.2 Å². The largest absolute Gasteiger partial charge is 0.370 e. The Morgan fingerprint density at radius 1 is 1.45 bits per heavy atom. The average Bonchev–Trinajstić information content (AvgIpc) is 2.97. The number of hydrogen-bond donors (Lipinski definition) is 2. The molecule has 0 spiro atoms. The quantitative estimate of drug-likeness (QED) is 0.409. The van der Waals surface area contributed by atoms with E-state index in [9.17, 15) is 0 Å². The number of piperidine rings is 1. The van der Waals surface area contributed by atoms with Crippen molar-refractivity contribution in [3.63, 3.8) is 0 Å². The van der Waals surface area contributed by atoms with Crippen molar-refractivity contribution in [1.29, 1.82) is 0 Å². The fraction of sp³-hybridized carbons (Fsp3) is 0.688. The highest BCUT2D eigenvalue weighted by Gasteiger charge is 2.19. The van der Waals surface area contributed by atoms with Crippen LogP contribution in [-0.4, -0.2) is 37.0 Å². The maximum Gasteiger partial charge on any atom is 0.188 e. The molecule has 1 aliphatic rings. The fourth-order valence-electron chi connectivity index (χ4n) is 2.56. The smallest absolute Gasteiger partial charge is 0.188 e. The normalized spacial score (nSPS) is 17.5. The Balaban J connectivity index is 0.00000242. The summed E-state index contributed by atoms with van der Waals surface area (Å²) in [4.78, 5) is 8.37. The minimum atomic E-state index is 0. The van der Waals surface area contributed by atoms with Crippen molar-refractivity contribution in [1.82, 2.24) is 10.2 Å². The van der Waals surface area contributed by atoms with Gasteiger partial charge in [-0.1, -0.05) is 19.9 Å². The van der Waals surface area contributed by atoms with E-state index in [1.165, 1.54) is 30.8 Å². The highest BCUT2D eigenvalue weighted by molar-refractivity contribution is 14.0. The van der Waals surface area contributed by atoms with E-state index >= 15 is 0 Å². The van der Waals surface area contributed by atoms with Crippen LogP contribution in [0.1, 0.15) is 31.6 Å². The predicted octanol–water partition coefficient (Wildman–Crippen LogP) is 3.14. The van der Waals surface area contributed by atoms with Crippen LogP contribution in [0, 0.1) is 11.8 Å². The average molecular weight is 436 g/mol. The van der Waals surface area contributed by atoms with Crippen molar-refractivity contribution in [2.45, 2.75) is 33.2 Å². The number of aliphatic imine (C=N–C) groups is 1. The monoisotopic (exact) mass is 436 g/mol. The van der Waals surface area contributed by atoms with Crippen molar-refractivity contribution in [2.24, 2.45) is 22.6 Å². The number of nitrogens with one attached hydrogen (secondary N) is 1. The van der Waals surface area contributed by atoms with E-state index in [1.54, 1.807) is 0 Å². The van der Waals surface area contributed by atoms with Gasteiger partial charge >= 0.3 is 0 Å². The maximum atomic E-state index is 5.89. The number of guanidine groups is 1. The molecule has 1 aromatic heterocycles. The molecule has 22 heavy (non-hydrogen) atoms. The van der Waals surface area contributed by atoms with Gasteiger partial charge in [0.25, 0.3) is 0 Å². The number of nitrogens with two attached hydrogens (primary N) is 1. The minimum absolute atomic E-state index is 0. The molecular formula is C16H29IN4S. The van der Waals surface area contributed by atoms with E-state index in [-0.39, 0.29) is 24.0 Å². The van der Waals surface area contributed by atoms with Crippen molar-refractivity contribution < 1.29 is 0 Å². The molecule has 3 N–H and O–H groups in total. The Bertz CT molecular complexity index is 425. The molecule has 0 amide bonds. The Hall–Kier alpha value is -0.340. The Labute approximate surface area is 155 Å². The summed E-state index contributed by atoms with van der Waals surface area (Å²) in [5, 5.41) is 5.44. The SMILES string of the molecule is CC(C)CN=C(N)NCC1CCN(Cc2cccs2)CC1.I. The molecule has 0 unspecified atom stereocenters. The van der Waals surface area contributed by atoms with Crippen LogP contribution in [0.15, 0.2) is 22.5 Å². The van der Waals surface area contributed by atoms with Crippen LogP contribution in [0.3, 0.4) is 0 Å². The lowest BCUT2D eigenvalue weighted by Crippen LogP contribution is -2.40. The second-order valence-electron chi connectivity index (χ2n) is 6.30. The Morgan fingerprint density at radius 3 is 2.77 bits per heavy atom. The van der Waals surface area contributed by atoms with Crippen molar-refractivity contribution in [3.05, 3.63) is 22.4 Å². The summed E-state index contributed by atoms with van der Waals surface area (Å²) in [6.07, 6.45) is 2.49. The molecule has 0 saturated carbocycles. The van der Waals surface area contributed by atoms with Gasteiger partial charge in [0.05, 0.1) is 0 Å². The zero-order chi connectivity index (χ0) is 15.1. The number of halogens is 1. The second kappa shape index (κ2) is 10.4. The van der Waals surface area contributed by atoms with E-state index in [0.29, 0.717) is 11.9 Å². The lowest BCUT2D eigenvalue weighted by Gasteiger charge is -2.31. The lowest BCUT2D eigenvalue weighted by molar-refractivity contribution is 0.179. The van der Waals surface area contributed by atoms with E-state index < -0.39 is 0 Å². The van der Waals surface area contributed by atoms with Gasteiger partial charge in [0, 0.05) is 24.5 Å². The van der Waals surface area contributed by atoms with Gasteiger partial charge < -0.3 is 11.1 Å².